The van der Waals surface area contributed by atoms with E-state index < -0.39 is 5.91 Å². The van der Waals surface area contributed by atoms with Gasteiger partial charge in [-0.2, -0.15) is 0 Å². The van der Waals surface area contributed by atoms with Crippen LogP contribution in [0.4, 0.5) is 11.4 Å². The highest BCUT2D eigenvalue weighted by Gasteiger charge is 2.12. The maximum absolute atomic E-state index is 11.3. The monoisotopic (exact) mass is 285 g/mol. The topological polar surface area (TPSA) is 81.6 Å². The van der Waals surface area contributed by atoms with Crippen molar-refractivity contribution in [3.8, 4) is 5.75 Å². The molecule has 2 aromatic carbocycles. The van der Waals surface area contributed by atoms with Gasteiger partial charge in [-0.05, 0) is 29.8 Å². The van der Waals surface area contributed by atoms with Crippen molar-refractivity contribution >= 4 is 17.3 Å². The fraction of sp³-hybridized carbons (Fsp3) is 0.188. The number of primary amides is 1. The van der Waals surface area contributed by atoms with Gasteiger partial charge in [0.1, 0.15) is 5.75 Å². The number of carbonyl (C=O) groups is 1. The minimum Gasteiger partial charge on any atom is -0.497 e. The molecule has 0 radical (unpaired) electrons. The first-order valence-corrected chi connectivity index (χ1v) is 6.55. The van der Waals surface area contributed by atoms with E-state index in [1.165, 1.54) is 0 Å². The second-order valence-electron chi connectivity index (χ2n) is 4.81. The van der Waals surface area contributed by atoms with E-state index in [1.54, 1.807) is 19.2 Å². The Morgan fingerprint density at radius 2 is 1.95 bits per heavy atom. The molecule has 0 heterocycles. The van der Waals surface area contributed by atoms with Crippen molar-refractivity contribution in [2.75, 3.05) is 24.8 Å². The number of nitrogens with zero attached hydrogens (tertiary/aromatic N) is 1. The first kappa shape index (κ1) is 14.7. The standard InChI is InChI=1S/C16H19N3O2/c1-19(10-11-5-3-6-12(9-11)21-2)14-8-4-7-13(15(14)17)16(18)20/h3-9H,10,17H2,1-2H3,(H2,18,20). The number of hydrogen-bond acceptors (Lipinski definition) is 4. The molecule has 0 unspecified atom stereocenters. The largest absolute Gasteiger partial charge is 0.497 e. The van der Waals surface area contributed by atoms with Crippen molar-refractivity contribution in [3.63, 3.8) is 0 Å². The van der Waals surface area contributed by atoms with Gasteiger partial charge in [0, 0.05) is 13.6 Å². The molecule has 0 aliphatic heterocycles. The molecule has 0 bridgehead atoms. The number of methoxy groups -OCH3 is 1. The summed E-state index contributed by atoms with van der Waals surface area (Å²) in [5.74, 6) is 0.281. The highest BCUT2D eigenvalue weighted by molar-refractivity contribution is 6.00. The average molecular weight is 285 g/mol. The molecule has 2 rings (SSSR count). The van der Waals surface area contributed by atoms with Crippen LogP contribution in [0.25, 0.3) is 0 Å². The second-order valence-corrected chi connectivity index (χ2v) is 4.81. The van der Waals surface area contributed by atoms with Crippen LogP contribution >= 0.6 is 0 Å². The van der Waals surface area contributed by atoms with Crippen LogP contribution in [-0.4, -0.2) is 20.1 Å². The second kappa shape index (κ2) is 6.17. The van der Waals surface area contributed by atoms with E-state index in [2.05, 4.69) is 0 Å². The molecular formula is C16H19N3O2. The summed E-state index contributed by atoms with van der Waals surface area (Å²) < 4.78 is 5.21. The molecular weight excluding hydrogens is 266 g/mol. The van der Waals surface area contributed by atoms with E-state index in [-0.39, 0.29) is 0 Å². The third-order valence-electron chi connectivity index (χ3n) is 3.31. The molecule has 4 N–H and O–H groups in total. The number of nitrogens with two attached hydrogens (primary N) is 2. The van der Waals surface area contributed by atoms with E-state index in [9.17, 15) is 4.79 Å². The zero-order valence-electron chi connectivity index (χ0n) is 12.2. The van der Waals surface area contributed by atoms with Crippen molar-refractivity contribution in [2.45, 2.75) is 6.54 Å². The first-order valence-electron chi connectivity index (χ1n) is 6.55. The molecule has 0 saturated heterocycles. The van der Waals surface area contributed by atoms with Crippen LogP contribution in [-0.2, 0) is 6.54 Å². The van der Waals surface area contributed by atoms with E-state index >= 15 is 0 Å². The minimum absolute atomic E-state index is 0.338. The quantitative estimate of drug-likeness (QED) is 0.823. The number of rotatable bonds is 5. The molecule has 110 valence electrons. The molecule has 21 heavy (non-hydrogen) atoms. The summed E-state index contributed by atoms with van der Waals surface area (Å²) in [5, 5.41) is 0. The van der Waals surface area contributed by atoms with Gasteiger partial charge in [-0.1, -0.05) is 18.2 Å². The molecule has 5 nitrogen and oxygen atoms in total. The lowest BCUT2D eigenvalue weighted by Gasteiger charge is -2.22. The number of nitrogen functional groups attached to an aromatic ring is 1. The molecule has 1 amide bonds. The highest BCUT2D eigenvalue weighted by Crippen LogP contribution is 2.27. The van der Waals surface area contributed by atoms with Crippen LogP contribution in [0.2, 0.25) is 0 Å². The maximum Gasteiger partial charge on any atom is 0.250 e. The highest BCUT2D eigenvalue weighted by atomic mass is 16.5. The zero-order valence-corrected chi connectivity index (χ0v) is 12.2. The van der Waals surface area contributed by atoms with E-state index in [0.29, 0.717) is 17.8 Å². The summed E-state index contributed by atoms with van der Waals surface area (Å²) in [5.41, 5.74) is 13.9. The van der Waals surface area contributed by atoms with Crippen LogP contribution in [0.15, 0.2) is 42.5 Å². The molecule has 2 aromatic rings. The zero-order chi connectivity index (χ0) is 15.4. The van der Waals surface area contributed by atoms with Crippen LogP contribution < -0.4 is 21.1 Å². The first-order chi connectivity index (χ1) is 10.0. The molecule has 0 saturated carbocycles. The van der Waals surface area contributed by atoms with Crippen molar-refractivity contribution in [1.82, 2.24) is 0 Å². The Bertz CT molecular complexity index is 656. The van der Waals surface area contributed by atoms with Crippen molar-refractivity contribution in [2.24, 2.45) is 5.73 Å². The van der Waals surface area contributed by atoms with Crippen molar-refractivity contribution < 1.29 is 9.53 Å². The third-order valence-corrected chi connectivity index (χ3v) is 3.31. The number of benzene rings is 2. The fourth-order valence-electron chi connectivity index (χ4n) is 2.23. The third kappa shape index (κ3) is 3.25. The molecule has 0 aromatic heterocycles. The number of hydrogen-bond donors (Lipinski definition) is 2. The van der Waals surface area contributed by atoms with E-state index in [0.717, 1.165) is 17.0 Å². The van der Waals surface area contributed by atoms with Crippen molar-refractivity contribution in [1.29, 1.82) is 0 Å². The number of para-hydroxylation sites is 1. The SMILES string of the molecule is COc1cccc(CN(C)c2cccc(C(N)=O)c2N)c1. The smallest absolute Gasteiger partial charge is 0.250 e. The van der Waals surface area contributed by atoms with Gasteiger partial charge in [-0.15, -0.1) is 0 Å². The lowest BCUT2D eigenvalue weighted by molar-refractivity contribution is 0.100. The van der Waals surface area contributed by atoms with Gasteiger partial charge in [0.25, 0.3) is 5.91 Å². The predicted molar refractivity (Wildman–Crippen MR) is 84.5 cm³/mol. The van der Waals surface area contributed by atoms with Gasteiger partial charge in [0.05, 0.1) is 24.0 Å². The Balaban J connectivity index is 2.26. The average Bonchev–Trinajstić information content (AvgIpc) is 2.47. The molecule has 5 heteroatoms. The molecule has 0 aliphatic rings. The van der Waals surface area contributed by atoms with Crippen LogP contribution in [0.5, 0.6) is 5.75 Å². The van der Waals surface area contributed by atoms with Gasteiger partial charge < -0.3 is 21.1 Å². The fourth-order valence-corrected chi connectivity index (χ4v) is 2.23. The summed E-state index contributed by atoms with van der Waals surface area (Å²) in [7, 11) is 3.55. The normalized spacial score (nSPS) is 10.2. The Kier molecular flexibility index (Phi) is 4.33. The van der Waals surface area contributed by atoms with Crippen LogP contribution in [0.3, 0.4) is 0 Å². The minimum atomic E-state index is -0.524. The van der Waals surface area contributed by atoms with Crippen molar-refractivity contribution in [3.05, 3.63) is 53.6 Å². The summed E-state index contributed by atoms with van der Waals surface area (Å²) >= 11 is 0. The number of anilines is 2. The Morgan fingerprint density at radius 1 is 1.24 bits per heavy atom. The number of ether oxygens (including phenoxy) is 1. The molecule has 0 aliphatic carbocycles. The Labute approximate surface area is 124 Å². The number of amides is 1. The van der Waals surface area contributed by atoms with Crippen LogP contribution in [0, 0.1) is 0 Å². The predicted octanol–water partition coefficient (Wildman–Crippen LogP) is 2.01. The molecule has 0 fully saturated rings. The number of carbonyl (C=O) groups excluding carboxylic acids is 1. The summed E-state index contributed by atoms with van der Waals surface area (Å²) in [6.07, 6.45) is 0. The summed E-state index contributed by atoms with van der Waals surface area (Å²) in [4.78, 5) is 13.3. The summed E-state index contributed by atoms with van der Waals surface area (Å²) in [6, 6.07) is 13.1. The maximum atomic E-state index is 11.3. The lowest BCUT2D eigenvalue weighted by atomic mass is 10.1. The Morgan fingerprint density at radius 3 is 2.62 bits per heavy atom. The molecule has 0 spiro atoms. The van der Waals surface area contributed by atoms with E-state index in [4.69, 9.17) is 16.2 Å². The van der Waals surface area contributed by atoms with Gasteiger partial charge in [0.15, 0.2) is 0 Å². The lowest BCUT2D eigenvalue weighted by Crippen LogP contribution is -2.20. The van der Waals surface area contributed by atoms with Gasteiger partial charge >= 0.3 is 0 Å². The summed E-state index contributed by atoms with van der Waals surface area (Å²) in [6.45, 7) is 0.642. The van der Waals surface area contributed by atoms with E-state index in [1.807, 2.05) is 42.3 Å². The van der Waals surface area contributed by atoms with Gasteiger partial charge in [-0.3, -0.25) is 4.79 Å². The molecule has 0 atom stereocenters. The van der Waals surface area contributed by atoms with Gasteiger partial charge in [-0.25, -0.2) is 0 Å². The van der Waals surface area contributed by atoms with Crippen LogP contribution in [0.1, 0.15) is 15.9 Å². The Hall–Kier alpha value is -2.69. The van der Waals surface area contributed by atoms with Gasteiger partial charge in [0.2, 0.25) is 0 Å².